The number of rotatable bonds is 7. The summed E-state index contributed by atoms with van der Waals surface area (Å²) in [5, 5.41) is 3.52. The Balaban J connectivity index is 1.96. The van der Waals surface area contributed by atoms with Crippen LogP contribution in [0.15, 0.2) is 18.5 Å². The van der Waals surface area contributed by atoms with Crippen LogP contribution in [0.25, 0.3) is 0 Å². The summed E-state index contributed by atoms with van der Waals surface area (Å²) in [6.07, 6.45) is 8.70. The number of hydrogen-bond acceptors (Lipinski definition) is 4. The van der Waals surface area contributed by atoms with Crippen molar-refractivity contribution in [1.82, 2.24) is 10.3 Å². The number of pyridine rings is 1. The molecule has 1 N–H and O–H groups in total. The summed E-state index contributed by atoms with van der Waals surface area (Å²) in [7, 11) is 1.68. The highest BCUT2D eigenvalue weighted by Crippen LogP contribution is 2.25. The molecule has 0 radical (unpaired) electrons. The van der Waals surface area contributed by atoms with Gasteiger partial charge in [-0.1, -0.05) is 6.92 Å². The maximum Gasteiger partial charge on any atom is 0.137 e. The van der Waals surface area contributed by atoms with Gasteiger partial charge in [-0.25, -0.2) is 0 Å². The van der Waals surface area contributed by atoms with Crippen molar-refractivity contribution in [3.05, 3.63) is 24.0 Å². The second-order valence-electron chi connectivity index (χ2n) is 4.98. The van der Waals surface area contributed by atoms with Crippen molar-refractivity contribution in [3.63, 3.8) is 0 Å². The number of aromatic nitrogens is 1. The van der Waals surface area contributed by atoms with Gasteiger partial charge in [0, 0.05) is 18.8 Å². The lowest BCUT2D eigenvalue weighted by Crippen LogP contribution is -2.22. The molecule has 0 aliphatic carbocycles. The van der Waals surface area contributed by atoms with Crippen molar-refractivity contribution in [1.29, 1.82) is 0 Å². The Bertz CT molecular complexity index is 378. The van der Waals surface area contributed by atoms with Crippen LogP contribution < -0.4 is 10.1 Å². The topological polar surface area (TPSA) is 43.4 Å². The molecule has 2 rings (SSSR count). The highest BCUT2D eigenvalue weighted by molar-refractivity contribution is 5.25. The van der Waals surface area contributed by atoms with Gasteiger partial charge < -0.3 is 14.8 Å². The van der Waals surface area contributed by atoms with Crippen molar-refractivity contribution in [2.24, 2.45) is 0 Å². The molecule has 2 atom stereocenters. The molecule has 19 heavy (non-hydrogen) atoms. The minimum absolute atomic E-state index is 0.330. The van der Waals surface area contributed by atoms with E-state index in [2.05, 4.69) is 23.3 Å². The van der Waals surface area contributed by atoms with E-state index in [-0.39, 0.29) is 0 Å². The number of nitrogens with one attached hydrogen (secondary N) is 1. The van der Waals surface area contributed by atoms with E-state index in [1.54, 1.807) is 13.3 Å². The van der Waals surface area contributed by atoms with E-state index in [1.165, 1.54) is 18.4 Å². The van der Waals surface area contributed by atoms with Crippen LogP contribution >= 0.6 is 0 Å². The molecule has 0 saturated carbocycles. The Kier molecular flexibility index (Phi) is 5.61. The normalized spacial score (nSPS) is 20.4. The minimum Gasteiger partial charge on any atom is -0.495 e. The molecule has 4 nitrogen and oxygen atoms in total. The lowest BCUT2D eigenvalue weighted by Gasteiger charge is -2.20. The van der Waals surface area contributed by atoms with Gasteiger partial charge in [-0.15, -0.1) is 0 Å². The molecule has 106 valence electrons. The van der Waals surface area contributed by atoms with Gasteiger partial charge in [0.2, 0.25) is 0 Å². The van der Waals surface area contributed by atoms with E-state index in [0.29, 0.717) is 12.1 Å². The summed E-state index contributed by atoms with van der Waals surface area (Å²) in [5.74, 6) is 0.817. The first-order chi connectivity index (χ1) is 9.33. The van der Waals surface area contributed by atoms with Crippen LogP contribution in [0, 0.1) is 0 Å². The zero-order valence-electron chi connectivity index (χ0n) is 11.9. The van der Waals surface area contributed by atoms with Crippen LogP contribution in [-0.4, -0.2) is 31.3 Å². The van der Waals surface area contributed by atoms with Crippen LogP contribution in [0.4, 0.5) is 0 Å². The van der Waals surface area contributed by atoms with Crippen LogP contribution in [0.5, 0.6) is 5.75 Å². The molecule has 1 saturated heterocycles. The number of hydrogen-bond donors (Lipinski definition) is 1. The molecule has 0 bridgehead atoms. The van der Waals surface area contributed by atoms with Gasteiger partial charge in [0.15, 0.2) is 0 Å². The van der Waals surface area contributed by atoms with E-state index < -0.39 is 0 Å². The van der Waals surface area contributed by atoms with Gasteiger partial charge in [-0.2, -0.15) is 0 Å². The molecular weight excluding hydrogens is 240 g/mol. The molecule has 1 aliphatic heterocycles. The first kappa shape index (κ1) is 14.3. The van der Waals surface area contributed by atoms with Gasteiger partial charge in [0.1, 0.15) is 5.75 Å². The number of ether oxygens (including phenoxy) is 2. The maximum atomic E-state index is 5.69. The summed E-state index contributed by atoms with van der Waals surface area (Å²) in [5.41, 5.74) is 1.19. The smallest absolute Gasteiger partial charge is 0.137 e. The third-order valence-corrected chi connectivity index (χ3v) is 3.62. The molecule has 1 aromatic rings. The first-order valence-electron chi connectivity index (χ1n) is 7.17. The van der Waals surface area contributed by atoms with E-state index >= 15 is 0 Å². The highest BCUT2D eigenvalue weighted by atomic mass is 16.5. The Morgan fingerprint density at radius 3 is 3.11 bits per heavy atom. The molecule has 1 aromatic heterocycles. The van der Waals surface area contributed by atoms with Crippen LogP contribution in [0.1, 0.15) is 44.2 Å². The zero-order chi connectivity index (χ0) is 13.5. The Labute approximate surface area is 115 Å². The predicted molar refractivity (Wildman–Crippen MR) is 75.4 cm³/mol. The molecule has 4 heteroatoms. The molecular formula is C15H24N2O2. The summed E-state index contributed by atoms with van der Waals surface area (Å²) < 4.78 is 10.9. The Hall–Kier alpha value is -1.13. The lowest BCUT2D eigenvalue weighted by atomic mass is 10.0. The van der Waals surface area contributed by atoms with E-state index in [1.807, 2.05) is 6.20 Å². The lowest BCUT2D eigenvalue weighted by molar-refractivity contribution is 0.0996. The fourth-order valence-corrected chi connectivity index (χ4v) is 2.60. The summed E-state index contributed by atoms with van der Waals surface area (Å²) >= 11 is 0. The van der Waals surface area contributed by atoms with Crippen LogP contribution in [-0.2, 0) is 4.74 Å². The Morgan fingerprint density at radius 1 is 1.53 bits per heavy atom. The SMILES string of the molecule is CCNC(CCC1CCCO1)c1cncc(OC)c1. The van der Waals surface area contributed by atoms with Gasteiger partial charge >= 0.3 is 0 Å². The molecule has 2 unspecified atom stereocenters. The van der Waals surface area contributed by atoms with Gasteiger partial charge in [0.25, 0.3) is 0 Å². The second-order valence-corrected chi connectivity index (χ2v) is 4.98. The number of methoxy groups -OCH3 is 1. The fraction of sp³-hybridized carbons (Fsp3) is 0.667. The third kappa shape index (κ3) is 4.18. The predicted octanol–water partition coefficient (Wildman–Crippen LogP) is 2.70. The highest BCUT2D eigenvalue weighted by Gasteiger charge is 2.18. The van der Waals surface area contributed by atoms with Crippen molar-refractivity contribution < 1.29 is 9.47 Å². The maximum absolute atomic E-state index is 5.69. The van der Waals surface area contributed by atoms with Crippen molar-refractivity contribution in [2.45, 2.75) is 44.8 Å². The monoisotopic (exact) mass is 264 g/mol. The quantitative estimate of drug-likeness (QED) is 0.822. The molecule has 1 aliphatic rings. The average molecular weight is 264 g/mol. The summed E-state index contributed by atoms with van der Waals surface area (Å²) in [6.45, 7) is 4.01. The van der Waals surface area contributed by atoms with E-state index in [9.17, 15) is 0 Å². The standard InChI is InChI=1S/C15H24N2O2/c1-3-17-15(7-6-13-5-4-8-19-13)12-9-14(18-2)11-16-10-12/h9-11,13,15,17H,3-8H2,1-2H3. The van der Waals surface area contributed by atoms with Gasteiger partial charge in [0.05, 0.1) is 19.4 Å². The average Bonchev–Trinajstić information content (AvgIpc) is 2.97. The molecule has 0 amide bonds. The molecule has 1 fully saturated rings. The Morgan fingerprint density at radius 2 is 2.42 bits per heavy atom. The van der Waals surface area contributed by atoms with Crippen molar-refractivity contribution in [2.75, 3.05) is 20.3 Å². The number of nitrogens with zero attached hydrogens (tertiary/aromatic N) is 1. The minimum atomic E-state index is 0.330. The second kappa shape index (κ2) is 7.46. The van der Waals surface area contributed by atoms with Crippen molar-refractivity contribution in [3.8, 4) is 5.75 Å². The first-order valence-corrected chi connectivity index (χ1v) is 7.17. The van der Waals surface area contributed by atoms with Gasteiger partial charge in [-0.3, -0.25) is 4.98 Å². The van der Waals surface area contributed by atoms with Gasteiger partial charge in [-0.05, 0) is 43.9 Å². The van der Waals surface area contributed by atoms with E-state index in [0.717, 1.165) is 31.7 Å². The van der Waals surface area contributed by atoms with Crippen molar-refractivity contribution >= 4 is 0 Å². The molecule has 0 aromatic carbocycles. The fourth-order valence-electron chi connectivity index (χ4n) is 2.60. The molecule has 0 spiro atoms. The van der Waals surface area contributed by atoms with Crippen LogP contribution in [0.3, 0.4) is 0 Å². The van der Waals surface area contributed by atoms with Crippen LogP contribution in [0.2, 0.25) is 0 Å². The largest absolute Gasteiger partial charge is 0.495 e. The van der Waals surface area contributed by atoms with E-state index in [4.69, 9.17) is 9.47 Å². The summed E-state index contributed by atoms with van der Waals surface area (Å²) in [6, 6.07) is 2.40. The summed E-state index contributed by atoms with van der Waals surface area (Å²) in [4.78, 5) is 4.24. The third-order valence-electron chi connectivity index (χ3n) is 3.62. The molecule has 2 heterocycles. The zero-order valence-corrected chi connectivity index (χ0v) is 11.9.